The van der Waals surface area contributed by atoms with Crippen molar-refractivity contribution in [1.82, 2.24) is 9.97 Å². The maximum atomic E-state index is 12.5. The molecule has 0 fully saturated rings. The third-order valence-corrected chi connectivity index (χ3v) is 5.45. The van der Waals surface area contributed by atoms with Crippen LogP contribution in [0.2, 0.25) is 5.02 Å². The summed E-state index contributed by atoms with van der Waals surface area (Å²) in [5, 5.41) is 0.617. The van der Waals surface area contributed by atoms with E-state index in [1.807, 2.05) is 24.3 Å². The number of esters is 1. The van der Waals surface area contributed by atoms with E-state index >= 15 is 0 Å². The van der Waals surface area contributed by atoms with Gasteiger partial charge in [-0.25, -0.2) is 9.78 Å². The average molecular weight is 401 g/mol. The number of H-pyrrole nitrogens is 1. The number of benzene rings is 1. The van der Waals surface area contributed by atoms with E-state index in [0.29, 0.717) is 26.8 Å². The number of nitrogens with one attached hydrogen (secondary N) is 1. The number of methoxy groups -OCH3 is 1. The molecule has 27 heavy (non-hydrogen) atoms. The van der Waals surface area contributed by atoms with Gasteiger partial charge in [-0.05, 0) is 24.3 Å². The summed E-state index contributed by atoms with van der Waals surface area (Å²) in [5.74, 6) is 0.495. The van der Waals surface area contributed by atoms with Crippen LogP contribution in [-0.4, -0.2) is 23.0 Å². The van der Waals surface area contributed by atoms with E-state index in [2.05, 4.69) is 14.7 Å². The molecule has 136 valence electrons. The van der Waals surface area contributed by atoms with Crippen LogP contribution in [0.15, 0.2) is 51.7 Å². The Hall–Kier alpha value is -2.90. The summed E-state index contributed by atoms with van der Waals surface area (Å²) in [6.07, 6.45) is 0.249. The van der Waals surface area contributed by atoms with Crippen LogP contribution >= 0.6 is 22.9 Å². The lowest BCUT2D eigenvalue weighted by Crippen LogP contribution is -2.10. The zero-order valence-electron chi connectivity index (χ0n) is 14.1. The molecule has 0 aliphatic heterocycles. The van der Waals surface area contributed by atoms with Crippen LogP contribution in [0.25, 0.3) is 20.7 Å². The monoisotopic (exact) mass is 400 g/mol. The molecule has 0 radical (unpaired) electrons. The summed E-state index contributed by atoms with van der Waals surface area (Å²) < 4.78 is 10.6. The predicted molar refractivity (Wildman–Crippen MR) is 104 cm³/mol. The Morgan fingerprint density at radius 2 is 2.11 bits per heavy atom. The number of ether oxygens (including phenoxy) is 1. The highest BCUT2D eigenvalue weighted by molar-refractivity contribution is 7.22. The molecule has 0 unspecified atom stereocenters. The van der Waals surface area contributed by atoms with Crippen LogP contribution in [0.5, 0.6) is 0 Å². The van der Waals surface area contributed by atoms with Crippen LogP contribution in [-0.2, 0) is 11.2 Å². The minimum Gasteiger partial charge on any atom is -0.463 e. The summed E-state index contributed by atoms with van der Waals surface area (Å²) in [4.78, 5) is 32.1. The number of carbonyl (C=O) groups excluding carboxylic acids is 1. The van der Waals surface area contributed by atoms with E-state index in [9.17, 15) is 9.59 Å². The number of fused-ring (bicyclic) bond motifs is 1. The van der Waals surface area contributed by atoms with Crippen LogP contribution in [0.4, 0.5) is 0 Å². The molecule has 0 bridgehead atoms. The molecule has 0 aliphatic rings. The number of halogens is 1. The van der Waals surface area contributed by atoms with Crippen LogP contribution < -0.4 is 5.56 Å². The lowest BCUT2D eigenvalue weighted by Gasteiger charge is -1.98. The topological polar surface area (TPSA) is 85.2 Å². The van der Waals surface area contributed by atoms with Crippen molar-refractivity contribution in [3.63, 3.8) is 0 Å². The smallest absolute Gasteiger partial charge is 0.373 e. The number of aromatic nitrogens is 2. The maximum Gasteiger partial charge on any atom is 0.373 e. The van der Waals surface area contributed by atoms with Gasteiger partial charge in [-0.1, -0.05) is 29.8 Å². The fraction of sp³-hybridized carbons (Fsp3) is 0.105. The summed E-state index contributed by atoms with van der Waals surface area (Å²) in [6.45, 7) is 0. The number of hydrogen-bond acceptors (Lipinski definition) is 6. The SMILES string of the molecule is COC(=O)c1ccc(Cc2nc3cc(-c4ccccc4Cl)sc3c(=O)[nH]2)o1. The fourth-order valence-corrected chi connectivity index (χ4v) is 4.04. The summed E-state index contributed by atoms with van der Waals surface area (Å²) in [5.41, 5.74) is 1.23. The third kappa shape index (κ3) is 3.39. The molecule has 0 saturated heterocycles. The Morgan fingerprint density at radius 3 is 2.89 bits per heavy atom. The first-order chi connectivity index (χ1) is 13.0. The molecule has 0 saturated carbocycles. The molecule has 0 spiro atoms. The number of aromatic amines is 1. The molecule has 8 heteroatoms. The molecular formula is C19H13ClN2O4S. The molecule has 0 amide bonds. The van der Waals surface area contributed by atoms with Crippen molar-refractivity contribution in [3.8, 4) is 10.4 Å². The van der Waals surface area contributed by atoms with Gasteiger partial charge in [-0.15, -0.1) is 11.3 Å². The number of thiophene rings is 1. The number of furan rings is 1. The minimum atomic E-state index is -0.555. The Morgan fingerprint density at radius 1 is 1.30 bits per heavy atom. The van der Waals surface area contributed by atoms with Crippen molar-refractivity contribution in [1.29, 1.82) is 0 Å². The summed E-state index contributed by atoms with van der Waals surface area (Å²) >= 11 is 7.60. The van der Waals surface area contributed by atoms with Gasteiger partial charge in [0.2, 0.25) is 5.76 Å². The largest absolute Gasteiger partial charge is 0.463 e. The number of carbonyl (C=O) groups is 1. The first-order valence-electron chi connectivity index (χ1n) is 8.00. The van der Waals surface area contributed by atoms with E-state index in [1.165, 1.54) is 24.5 Å². The second kappa shape index (κ2) is 7.02. The van der Waals surface area contributed by atoms with Crippen LogP contribution in [0.1, 0.15) is 22.1 Å². The molecule has 1 N–H and O–H groups in total. The molecule has 1 aromatic carbocycles. The van der Waals surface area contributed by atoms with E-state index in [-0.39, 0.29) is 17.7 Å². The number of nitrogens with zero attached hydrogens (tertiary/aromatic N) is 1. The van der Waals surface area contributed by atoms with E-state index in [4.69, 9.17) is 16.0 Å². The van der Waals surface area contributed by atoms with Gasteiger partial charge in [0, 0.05) is 15.5 Å². The Kier molecular flexibility index (Phi) is 4.55. The molecule has 6 nitrogen and oxygen atoms in total. The van der Waals surface area contributed by atoms with Gasteiger partial charge in [-0.3, -0.25) is 4.79 Å². The zero-order chi connectivity index (χ0) is 19.0. The molecule has 3 heterocycles. The molecule has 4 rings (SSSR count). The zero-order valence-corrected chi connectivity index (χ0v) is 15.7. The quantitative estimate of drug-likeness (QED) is 0.517. The number of rotatable bonds is 4. The summed E-state index contributed by atoms with van der Waals surface area (Å²) in [7, 11) is 1.28. The highest BCUT2D eigenvalue weighted by Gasteiger charge is 2.15. The molecule has 3 aromatic heterocycles. The molecule has 0 aliphatic carbocycles. The van der Waals surface area contributed by atoms with Gasteiger partial charge in [-0.2, -0.15) is 0 Å². The fourth-order valence-electron chi connectivity index (χ4n) is 2.71. The van der Waals surface area contributed by atoms with Crippen molar-refractivity contribution < 1.29 is 13.9 Å². The van der Waals surface area contributed by atoms with Crippen LogP contribution in [0.3, 0.4) is 0 Å². The van der Waals surface area contributed by atoms with Crippen LogP contribution in [0, 0.1) is 0 Å². The van der Waals surface area contributed by atoms with Crippen molar-refractivity contribution >= 4 is 39.1 Å². The van der Waals surface area contributed by atoms with Gasteiger partial charge in [0.1, 0.15) is 16.3 Å². The Bertz CT molecular complexity index is 1210. The van der Waals surface area contributed by atoms with Crippen molar-refractivity contribution in [2.75, 3.05) is 7.11 Å². The first-order valence-corrected chi connectivity index (χ1v) is 9.19. The second-order valence-electron chi connectivity index (χ2n) is 5.75. The van der Waals surface area contributed by atoms with Gasteiger partial charge in [0.05, 0.1) is 19.0 Å². The Labute approximate surface area is 162 Å². The standard InChI is InChI=1S/C19H13ClN2O4S/c1-25-19(24)14-7-6-10(26-14)8-16-21-13-9-15(27-17(13)18(23)22-16)11-4-2-3-5-12(11)20/h2-7,9H,8H2,1H3,(H,21,22,23). The third-order valence-electron chi connectivity index (χ3n) is 3.96. The minimum absolute atomic E-state index is 0.104. The molecule has 4 aromatic rings. The van der Waals surface area contributed by atoms with E-state index in [1.54, 1.807) is 12.1 Å². The van der Waals surface area contributed by atoms with Gasteiger partial charge >= 0.3 is 5.97 Å². The van der Waals surface area contributed by atoms with Gasteiger partial charge < -0.3 is 14.1 Å². The van der Waals surface area contributed by atoms with E-state index in [0.717, 1.165) is 10.4 Å². The van der Waals surface area contributed by atoms with Crippen molar-refractivity contribution in [3.05, 3.63) is 75.2 Å². The Balaban J connectivity index is 1.69. The maximum absolute atomic E-state index is 12.5. The van der Waals surface area contributed by atoms with E-state index < -0.39 is 5.97 Å². The first kappa shape index (κ1) is 17.5. The second-order valence-corrected chi connectivity index (χ2v) is 7.21. The van der Waals surface area contributed by atoms with Gasteiger partial charge in [0.25, 0.3) is 5.56 Å². The predicted octanol–water partition coefficient (Wildman–Crippen LogP) is 4.28. The average Bonchev–Trinajstić information content (AvgIpc) is 3.29. The normalized spacial score (nSPS) is 11.0. The van der Waals surface area contributed by atoms with Crippen molar-refractivity contribution in [2.45, 2.75) is 6.42 Å². The highest BCUT2D eigenvalue weighted by Crippen LogP contribution is 2.35. The van der Waals surface area contributed by atoms with Gasteiger partial charge in [0.15, 0.2) is 0 Å². The summed E-state index contributed by atoms with van der Waals surface area (Å²) in [6, 6.07) is 12.5. The highest BCUT2D eigenvalue weighted by atomic mass is 35.5. The number of hydrogen-bond donors (Lipinski definition) is 1. The molecular weight excluding hydrogens is 388 g/mol. The van der Waals surface area contributed by atoms with Crippen molar-refractivity contribution in [2.24, 2.45) is 0 Å². The lowest BCUT2D eigenvalue weighted by atomic mass is 10.2. The molecule has 0 atom stereocenters. The lowest BCUT2D eigenvalue weighted by molar-refractivity contribution is 0.0563.